The molecule has 3 aromatic carbocycles. The summed E-state index contributed by atoms with van der Waals surface area (Å²) >= 11 is 0. The summed E-state index contributed by atoms with van der Waals surface area (Å²) in [6.45, 7) is 4.03. The van der Waals surface area contributed by atoms with E-state index in [1.54, 1.807) is 0 Å². The van der Waals surface area contributed by atoms with Crippen molar-refractivity contribution in [2.45, 2.75) is 18.6 Å². The number of hydrogen-bond acceptors (Lipinski definition) is 5. The lowest BCUT2D eigenvalue weighted by molar-refractivity contribution is 0.0326. The topological polar surface area (TPSA) is 45.2 Å². The molecule has 0 aliphatic heterocycles. The first-order valence-corrected chi connectivity index (χ1v) is 12.1. The van der Waals surface area contributed by atoms with Crippen LogP contribution in [0.25, 0.3) is 0 Å². The number of aliphatic hydroxyl groups excluding tert-OH is 1. The van der Waals surface area contributed by atoms with Gasteiger partial charge in [0, 0.05) is 13.1 Å². The Morgan fingerprint density at radius 1 is 0.735 bits per heavy atom. The van der Waals surface area contributed by atoms with Crippen LogP contribution in [0.2, 0.25) is 0 Å². The van der Waals surface area contributed by atoms with Gasteiger partial charge in [0.15, 0.2) is 0 Å². The lowest BCUT2D eigenvalue weighted by Crippen LogP contribution is -2.39. The monoisotopic (exact) mass is 462 g/mol. The Bertz CT molecular complexity index is 867. The first-order valence-electron chi connectivity index (χ1n) is 12.1. The Hall–Kier alpha value is -2.70. The molecule has 1 atom stereocenters. The van der Waals surface area contributed by atoms with E-state index < -0.39 is 6.10 Å². The van der Waals surface area contributed by atoms with Gasteiger partial charge in [-0.15, -0.1) is 0 Å². The Balaban J connectivity index is 1.56. The molecule has 0 aromatic heterocycles. The van der Waals surface area contributed by atoms with Crippen molar-refractivity contribution < 1.29 is 14.6 Å². The van der Waals surface area contributed by atoms with Crippen LogP contribution >= 0.6 is 0 Å². The maximum atomic E-state index is 10.6. The lowest BCUT2D eigenvalue weighted by atomic mass is 10.0. The number of nitrogens with zero attached hydrogens (tertiary/aromatic N) is 2. The van der Waals surface area contributed by atoms with E-state index in [9.17, 15) is 5.11 Å². The summed E-state index contributed by atoms with van der Waals surface area (Å²) in [7, 11) is 4.17. The fourth-order valence-corrected chi connectivity index (χ4v) is 3.91. The number of benzene rings is 3. The van der Waals surface area contributed by atoms with Crippen molar-refractivity contribution in [2.75, 3.05) is 53.5 Å². The highest BCUT2D eigenvalue weighted by Crippen LogP contribution is 2.25. The van der Waals surface area contributed by atoms with Gasteiger partial charge in [-0.3, -0.25) is 4.90 Å². The summed E-state index contributed by atoms with van der Waals surface area (Å²) in [5, 5.41) is 10.6. The van der Waals surface area contributed by atoms with Gasteiger partial charge >= 0.3 is 0 Å². The van der Waals surface area contributed by atoms with Crippen molar-refractivity contribution in [1.82, 2.24) is 9.80 Å². The molecule has 0 heterocycles. The zero-order valence-electron chi connectivity index (χ0n) is 20.4. The van der Waals surface area contributed by atoms with Crippen LogP contribution in [0.1, 0.15) is 23.7 Å². The zero-order valence-corrected chi connectivity index (χ0v) is 20.4. The van der Waals surface area contributed by atoms with Crippen LogP contribution in [-0.2, 0) is 4.74 Å². The molecule has 0 bridgehead atoms. The molecule has 0 radical (unpaired) electrons. The van der Waals surface area contributed by atoms with Gasteiger partial charge in [-0.2, -0.15) is 0 Å². The number of aliphatic hydroxyl groups is 1. The lowest BCUT2D eigenvalue weighted by Gasteiger charge is -2.27. The number of rotatable bonds is 15. The van der Waals surface area contributed by atoms with Crippen LogP contribution < -0.4 is 4.74 Å². The summed E-state index contributed by atoms with van der Waals surface area (Å²) in [6.07, 6.45) is 0.344. The molecule has 5 nitrogen and oxygen atoms in total. The highest BCUT2D eigenvalue weighted by Gasteiger charge is 2.17. The fraction of sp³-hybridized carbons (Fsp3) is 0.379. The minimum Gasteiger partial charge on any atom is -0.491 e. The van der Waals surface area contributed by atoms with E-state index in [4.69, 9.17) is 9.47 Å². The van der Waals surface area contributed by atoms with Crippen molar-refractivity contribution in [3.05, 3.63) is 102 Å². The molecule has 0 aliphatic carbocycles. The van der Waals surface area contributed by atoms with E-state index in [-0.39, 0.29) is 12.7 Å². The van der Waals surface area contributed by atoms with Gasteiger partial charge in [-0.25, -0.2) is 0 Å². The minimum atomic E-state index is -0.571. The predicted molar refractivity (Wildman–Crippen MR) is 138 cm³/mol. The predicted octanol–water partition coefficient (Wildman–Crippen LogP) is 4.49. The van der Waals surface area contributed by atoms with Crippen molar-refractivity contribution in [3.8, 4) is 5.75 Å². The second-order valence-electron chi connectivity index (χ2n) is 8.81. The number of para-hydroxylation sites is 1. The first kappa shape index (κ1) is 25.9. The third-order valence-electron chi connectivity index (χ3n) is 5.63. The largest absolute Gasteiger partial charge is 0.491 e. The Kier molecular flexibility index (Phi) is 11.1. The Labute approximate surface area is 204 Å². The zero-order chi connectivity index (χ0) is 24.0. The van der Waals surface area contributed by atoms with Crippen LogP contribution in [0.4, 0.5) is 0 Å². The van der Waals surface area contributed by atoms with Gasteiger partial charge in [0.05, 0.1) is 6.61 Å². The highest BCUT2D eigenvalue weighted by atomic mass is 16.5. The number of ether oxygens (including phenoxy) is 2. The van der Waals surface area contributed by atoms with Crippen LogP contribution in [-0.4, -0.2) is 74.5 Å². The molecule has 5 heteroatoms. The first-order chi connectivity index (χ1) is 16.6. The van der Waals surface area contributed by atoms with E-state index in [0.717, 1.165) is 42.9 Å². The van der Waals surface area contributed by atoms with E-state index in [1.165, 1.54) is 0 Å². The van der Waals surface area contributed by atoms with Gasteiger partial charge in [0.1, 0.15) is 24.6 Å². The summed E-state index contributed by atoms with van der Waals surface area (Å²) in [5.74, 6) is 0.776. The van der Waals surface area contributed by atoms with Crippen LogP contribution in [0.15, 0.2) is 91.0 Å². The Morgan fingerprint density at radius 2 is 1.29 bits per heavy atom. The summed E-state index contributed by atoms with van der Waals surface area (Å²) < 4.78 is 12.2. The third kappa shape index (κ3) is 9.27. The van der Waals surface area contributed by atoms with Gasteiger partial charge in [0.25, 0.3) is 0 Å². The molecule has 1 unspecified atom stereocenters. The molecule has 34 heavy (non-hydrogen) atoms. The van der Waals surface area contributed by atoms with Crippen LogP contribution in [0.5, 0.6) is 5.75 Å². The molecule has 0 fully saturated rings. The van der Waals surface area contributed by atoms with Crippen molar-refractivity contribution in [2.24, 2.45) is 0 Å². The average Bonchev–Trinajstić information content (AvgIpc) is 2.86. The average molecular weight is 463 g/mol. The number of hydrogen-bond donors (Lipinski definition) is 1. The molecule has 182 valence electrons. The molecule has 3 rings (SSSR count). The molecule has 0 saturated heterocycles. The van der Waals surface area contributed by atoms with E-state index >= 15 is 0 Å². The molecule has 3 aromatic rings. The van der Waals surface area contributed by atoms with Crippen molar-refractivity contribution in [3.63, 3.8) is 0 Å². The molecule has 1 N–H and O–H groups in total. The quantitative estimate of drug-likeness (QED) is 0.361. The molecular formula is C29H38N2O3. The minimum absolute atomic E-state index is 0.114. The van der Waals surface area contributed by atoms with Crippen LogP contribution in [0.3, 0.4) is 0 Å². The van der Waals surface area contributed by atoms with E-state index in [1.807, 2.05) is 66.7 Å². The molecule has 0 aliphatic rings. The summed E-state index contributed by atoms with van der Waals surface area (Å²) in [5.41, 5.74) is 2.29. The van der Waals surface area contributed by atoms with Gasteiger partial charge in [0.2, 0.25) is 0 Å². The molecular weight excluding hydrogens is 424 g/mol. The van der Waals surface area contributed by atoms with Gasteiger partial charge < -0.3 is 19.5 Å². The summed E-state index contributed by atoms with van der Waals surface area (Å²) in [4.78, 5) is 4.46. The van der Waals surface area contributed by atoms with E-state index in [0.29, 0.717) is 13.2 Å². The van der Waals surface area contributed by atoms with Crippen molar-refractivity contribution >= 4 is 0 Å². The molecule has 0 spiro atoms. The SMILES string of the molecule is CN(C)CCCN(CCOC(c1ccccc1)c1ccccc1)CC(O)COc1ccccc1. The van der Waals surface area contributed by atoms with Gasteiger partial charge in [-0.1, -0.05) is 78.9 Å². The van der Waals surface area contributed by atoms with Gasteiger partial charge in [-0.05, 0) is 56.9 Å². The maximum Gasteiger partial charge on any atom is 0.119 e. The third-order valence-corrected chi connectivity index (χ3v) is 5.63. The fourth-order valence-electron chi connectivity index (χ4n) is 3.91. The van der Waals surface area contributed by atoms with Crippen LogP contribution in [0, 0.1) is 0 Å². The standard InChI is InChI=1S/C29H38N2O3/c1-30(2)19-12-20-31(23-27(32)24-34-28-17-10-5-11-18-28)21-22-33-29(25-13-6-3-7-14-25)26-15-8-4-9-16-26/h3-11,13-18,27,29,32H,12,19-24H2,1-2H3. The summed E-state index contributed by atoms with van der Waals surface area (Å²) in [6, 6.07) is 30.3. The molecule has 0 amide bonds. The Morgan fingerprint density at radius 3 is 1.85 bits per heavy atom. The smallest absolute Gasteiger partial charge is 0.119 e. The molecule has 0 saturated carbocycles. The second-order valence-corrected chi connectivity index (χ2v) is 8.81. The second kappa shape index (κ2) is 14.5. The van der Waals surface area contributed by atoms with Crippen molar-refractivity contribution in [1.29, 1.82) is 0 Å². The normalized spacial score (nSPS) is 12.4. The maximum absolute atomic E-state index is 10.6. The van der Waals surface area contributed by atoms with E-state index in [2.05, 4.69) is 48.2 Å². The highest BCUT2D eigenvalue weighted by molar-refractivity contribution is 5.29.